The van der Waals surface area contributed by atoms with E-state index in [2.05, 4.69) is 37.6 Å². The third-order valence-electron chi connectivity index (χ3n) is 2.02. The second kappa shape index (κ2) is 5.80. The standard InChI is InChI=1S/C13H28N2O/c1-11(8-14-12(2,3)4)9-15(7)10-13(5,6)16/h14,16H,1,8-10H2,2-7H3. The molecule has 96 valence electrons. The largest absolute Gasteiger partial charge is 0.389 e. The van der Waals surface area contributed by atoms with Crippen LogP contribution in [0.4, 0.5) is 0 Å². The Balaban J connectivity index is 3.88. The first-order valence-corrected chi connectivity index (χ1v) is 5.82. The van der Waals surface area contributed by atoms with Crippen molar-refractivity contribution in [3.05, 3.63) is 12.2 Å². The van der Waals surface area contributed by atoms with Gasteiger partial charge in [-0.05, 0) is 47.2 Å². The van der Waals surface area contributed by atoms with Gasteiger partial charge in [-0.3, -0.25) is 4.90 Å². The van der Waals surface area contributed by atoms with Crippen LogP contribution in [0.25, 0.3) is 0 Å². The lowest BCUT2D eigenvalue weighted by atomic mass is 10.1. The van der Waals surface area contributed by atoms with Gasteiger partial charge in [-0.2, -0.15) is 0 Å². The van der Waals surface area contributed by atoms with E-state index in [0.717, 1.165) is 18.7 Å². The Morgan fingerprint density at radius 3 is 2.12 bits per heavy atom. The molecule has 0 aliphatic carbocycles. The molecule has 0 heterocycles. The van der Waals surface area contributed by atoms with Gasteiger partial charge in [-0.15, -0.1) is 0 Å². The lowest BCUT2D eigenvalue weighted by Crippen LogP contribution is -2.40. The van der Waals surface area contributed by atoms with Crippen LogP contribution < -0.4 is 5.32 Å². The molecule has 3 nitrogen and oxygen atoms in total. The summed E-state index contributed by atoms with van der Waals surface area (Å²) in [6.07, 6.45) is 0. The Morgan fingerprint density at radius 1 is 1.25 bits per heavy atom. The average Bonchev–Trinajstić information content (AvgIpc) is 1.95. The van der Waals surface area contributed by atoms with Crippen molar-refractivity contribution < 1.29 is 5.11 Å². The molecule has 0 saturated heterocycles. The van der Waals surface area contributed by atoms with Crippen molar-refractivity contribution in [3.63, 3.8) is 0 Å². The summed E-state index contributed by atoms with van der Waals surface area (Å²) in [5.74, 6) is 0. The summed E-state index contributed by atoms with van der Waals surface area (Å²) >= 11 is 0. The Kier molecular flexibility index (Phi) is 5.66. The molecule has 0 amide bonds. The highest BCUT2D eigenvalue weighted by atomic mass is 16.3. The predicted octanol–water partition coefficient (Wildman–Crippen LogP) is 1.63. The van der Waals surface area contributed by atoms with E-state index in [-0.39, 0.29) is 5.54 Å². The number of rotatable bonds is 6. The van der Waals surface area contributed by atoms with Crippen LogP contribution in [0.5, 0.6) is 0 Å². The fraction of sp³-hybridized carbons (Fsp3) is 0.846. The third-order valence-corrected chi connectivity index (χ3v) is 2.02. The summed E-state index contributed by atoms with van der Waals surface area (Å²) in [4.78, 5) is 2.09. The molecule has 0 fully saturated rings. The zero-order valence-electron chi connectivity index (χ0n) is 11.7. The summed E-state index contributed by atoms with van der Waals surface area (Å²) in [6.45, 7) is 16.4. The molecule has 0 atom stereocenters. The zero-order valence-corrected chi connectivity index (χ0v) is 11.7. The molecule has 0 unspecified atom stereocenters. The second-order valence-corrected chi connectivity index (χ2v) is 6.34. The van der Waals surface area contributed by atoms with Crippen LogP contribution in [-0.2, 0) is 0 Å². The van der Waals surface area contributed by atoms with E-state index in [1.807, 2.05) is 20.9 Å². The molecular formula is C13H28N2O. The quantitative estimate of drug-likeness (QED) is 0.678. The van der Waals surface area contributed by atoms with Crippen LogP contribution in [0.3, 0.4) is 0 Å². The van der Waals surface area contributed by atoms with Gasteiger partial charge in [0.05, 0.1) is 5.60 Å². The summed E-state index contributed by atoms with van der Waals surface area (Å²) in [6, 6.07) is 0. The first-order valence-electron chi connectivity index (χ1n) is 5.82. The molecule has 0 aromatic rings. The van der Waals surface area contributed by atoms with Crippen LogP contribution in [0, 0.1) is 0 Å². The number of nitrogens with one attached hydrogen (secondary N) is 1. The fourth-order valence-corrected chi connectivity index (χ4v) is 1.54. The van der Waals surface area contributed by atoms with E-state index >= 15 is 0 Å². The molecule has 2 N–H and O–H groups in total. The minimum absolute atomic E-state index is 0.123. The lowest BCUT2D eigenvalue weighted by molar-refractivity contribution is 0.0471. The van der Waals surface area contributed by atoms with E-state index in [9.17, 15) is 5.11 Å². The average molecular weight is 228 g/mol. The Bertz CT molecular complexity index is 223. The minimum Gasteiger partial charge on any atom is -0.389 e. The molecule has 0 radical (unpaired) electrons. The maximum absolute atomic E-state index is 9.67. The Hall–Kier alpha value is -0.380. The fourth-order valence-electron chi connectivity index (χ4n) is 1.54. The summed E-state index contributed by atoms with van der Waals surface area (Å²) < 4.78 is 0. The number of hydrogen-bond acceptors (Lipinski definition) is 3. The molecule has 0 bridgehead atoms. The monoisotopic (exact) mass is 228 g/mol. The van der Waals surface area contributed by atoms with Gasteiger partial charge in [0, 0.05) is 25.2 Å². The van der Waals surface area contributed by atoms with Crippen LogP contribution in [0.1, 0.15) is 34.6 Å². The van der Waals surface area contributed by atoms with E-state index in [1.165, 1.54) is 0 Å². The molecular weight excluding hydrogens is 200 g/mol. The van der Waals surface area contributed by atoms with Crippen LogP contribution in [-0.4, -0.2) is 47.8 Å². The van der Waals surface area contributed by atoms with Gasteiger partial charge in [0.25, 0.3) is 0 Å². The number of likely N-dealkylation sites (N-methyl/N-ethyl adjacent to an activating group) is 1. The van der Waals surface area contributed by atoms with Crippen LogP contribution in [0.15, 0.2) is 12.2 Å². The van der Waals surface area contributed by atoms with Crippen molar-refractivity contribution in [1.82, 2.24) is 10.2 Å². The van der Waals surface area contributed by atoms with Gasteiger partial charge >= 0.3 is 0 Å². The van der Waals surface area contributed by atoms with Gasteiger partial charge in [-0.25, -0.2) is 0 Å². The highest BCUT2D eigenvalue weighted by Gasteiger charge is 2.16. The maximum atomic E-state index is 9.67. The van der Waals surface area contributed by atoms with Crippen molar-refractivity contribution in [1.29, 1.82) is 0 Å². The molecule has 0 aliphatic rings. The third kappa shape index (κ3) is 10.1. The summed E-state index contributed by atoms with van der Waals surface area (Å²) in [5.41, 5.74) is 0.617. The molecule has 0 aliphatic heterocycles. The van der Waals surface area contributed by atoms with Crippen LogP contribution in [0.2, 0.25) is 0 Å². The molecule has 16 heavy (non-hydrogen) atoms. The molecule has 3 heteroatoms. The normalized spacial score (nSPS) is 13.2. The Morgan fingerprint density at radius 2 is 1.75 bits per heavy atom. The molecule has 0 rings (SSSR count). The first-order chi connectivity index (χ1) is 6.99. The van der Waals surface area contributed by atoms with E-state index in [0.29, 0.717) is 6.54 Å². The Labute approximate surface area is 101 Å². The highest BCUT2D eigenvalue weighted by Crippen LogP contribution is 2.05. The van der Waals surface area contributed by atoms with Crippen molar-refractivity contribution in [2.24, 2.45) is 0 Å². The van der Waals surface area contributed by atoms with Gasteiger partial charge in [-0.1, -0.05) is 6.58 Å². The van der Waals surface area contributed by atoms with Gasteiger partial charge in [0.1, 0.15) is 0 Å². The van der Waals surface area contributed by atoms with Gasteiger partial charge in [0.15, 0.2) is 0 Å². The maximum Gasteiger partial charge on any atom is 0.0718 e. The van der Waals surface area contributed by atoms with E-state index < -0.39 is 5.60 Å². The topological polar surface area (TPSA) is 35.5 Å². The van der Waals surface area contributed by atoms with Crippen molar-refractivity contribution in [2.45, 2.75) is 45.8 Å². The lowest BCUT2D eigenvalue weighted by Gasteiger charge is -2.27. The van der Waals surface area contributed by atoms with Crippen molar-refractivity contribution in [2.75, 3.05) is 26.7 Å². The first kappa shape index (κ1) is 15.6. The van der Waals surface area contributed by atoms with Gasteiger partial charge < -0.3 is 10.4 Å². The SMILES string of the molecule is C=C(CNC(C)(C)C)CN(C)CC(C)(C)O. The van der Waals surface area contributed by atoms with Crippen molar-refractivity contribution in [3.8, 4) is 0 Å². The van der Waals surface area contributed by atoms with Crippen LogP contribution >= 0.6 is 0 Å². The number of hydrogen-bond donors (Lipinski definition) is 2. The summed E-state index contributed by atoms with van der Waals surface area (Å²) in [7, 11) is 2.00. The summed E-state index contributed by atoms with van der Waals surface area (Å²) in [5, 5.41) is 13.1. The number of nitrogens with zero attached hydrogens (tertiary/aromatic N) is 1. The zero-order chi connectivity index (χ0) is 13.0. The molecule has 0 saturated carbocycles. The molecule has 0 aromatic carbocycles. The molecule has 0 spiro atoms. The minimum atomic E-state index is -0.646. The van der Waals surface area contributed by atoms with E-state index in [1.54, 1.807) is 0 Å². The van der Waals surface area contributed by atoms with Crippen molar-refractivity contribution >= 4 is 0 Å². The number of aliphatic hydroxyl groups is 1. The smallest absolute Gasteiger partial charge is 0.0718 e. The second-order valence-electron chi connectivity index (χ2n) is 6.34. The van der Waals surface area contributed by atoms with Gasteiger partial charge in [0.2, 0.25) is 0 Å². The van der Waals surface area contributed by atoms with E-state index in [4.69, 9.17) is 0 Å². The predicted molar refractivity (Wildman–Crippen MR) is 70.7 cm³/mol. The highest BCUT2D eigenvalue weighted by molar-refractivity contribution is 5.01. The molecule has 0 aromatic heterocycles.